The molecule has 34 heavy (non-hydrogen) atoms. The molecule has 1 amide bonds. The van der Waals surface area contributed by atoms with Gasteiger partial charge in [-0.25, -0.2) is 0 Å². The zero-order valence-corrected chi connectivity index (χ0v) is 20.9. The van der Waals surface area contributed by atoms with Gasteiger partial charge in [-0.1, -0.05) is 34.1 Å². The van der Waals surface area contributed by atoms with Crippen LogP contribution in [0.4, 0.5) is 0 Å². The van der Waals surface area contributed by atoms with Crippen LogP contribution < -0.4 is 5.32 Å². The van der Waals surface area contributed by atoms with Crippen LogP contribution in [0.25, 0.3) is 0 Å². The highest BCUT2D eigenvalue weighted by Gasteiger charge is 2.64. The van der Waals surface area contributed by atoms with Gasteiger partial charge in [0.1, 0.15) is 6.50 Å². The van der Waals surface area contributed by atoms with Gasteiger partial charge in [-0.2, -0.15) is 0 Å². The molecule has 0 aliphatic heterocycles. The molecule has 0 radical (unpaired) electrons. The molecule has 4 unspecified atom stereocenters. The van der Waals surface area contributed by atoms with E-state index in [4.69, 9.17) is 14.7 Å². The lowest BCUT2D eigenvalue weighted by Crippen LogP contribution is -2.62. The molecule has 4 rings (SSSR count). The fourth-order valence-electron chi connectivity index (χ4n) is 8.83. The third-order valence-corrected chi connectivity index (χ3v) is 10.4. The molecule has 0 saturated heterocycles. The summed E-state index contributed by atoms with van der Waals surface area (Å²) in [7, 11) is 0. The Bertz CT molecular complexity index is 1060. The Morgan fingerprint density at radius 2 is 1.85 bits per heavy atom. The summed E-state index contributed by atoms with van der Waals surface area (Å²) >= 11 is 0. The van der Waals surface area contributed by atoms with Crippen LogP contribution in [-0.2, 0) is 9.59 Å². The van der Waals surface area contributed by atoms with Crippen molar-refractivity contribution in [2.45, 2.75) is 104 Å². The molecule has 4 saturated carbocycles. The van der Waals surface area contributed by atoms with Crippen LogP contribution in [-0.4, -0.2) is 45.9 Å². The van der Waals surface area contributed by atoms with Crippen molar-refractivity contribution >= 4 is 11.9 Å². The smallest absolute Gasteiger partial charge is 0.322 e. The Balaban J connectivity index is 1.59. The van der Waals surface area contributed by atoms with Gasteiger partial charge in [-0.15, -0.1) is 0 Å². The molecule has 4 aliphatic carbocycles. The van der Waals surface area contributed by atoms with Gasteiger partial charge in [0.05, 0.1) is 16.3 Å². The molecule has 4 fully saturated rings. The van der Waals surface area contributed by atoms with Crippen LogP contribution in [0.3, 0.4) is 0 Å². The summed E-state index contributed by atoms with van der Waals surface area (Å²) in [6.07, 6.45) is -4.84. The minimum atomic E-state index is -2.93. The highest BCUT2D eigenvalue weighted by molar-refractivity contribution is 5.81. The van der Waals surface area contributed by atoms with E-state index in [1.807, 2.05) is 19.2 Å². The summed E-state index contributed by atoms with van der Waals surface area (Å²) in [6.45, 7) is 5.27. The summed E-state index contributed by atoms with van der Waals surface area (Å²) in [5.41, 5.74) is -1.02. The van der Waals surface area contributed by atoms with Crippen LogP contribution in [0.15, 0.2) is 0 Å². The summed E-state index contributed by atoms with van der Waals surface area (Å²) in [6, 6.07) is 0. The third kappa shape index (κ3) is 4.31. The number of nitrogens with one attached hydrogen (secondary N) is 1. The minimum Gasteiger partial charge on any atom is -0.480 e. The second-order valence-corrected chi connectivity index (χ2v) is 11.9. The highest BCUT2D eigenvalue weighted by Crippen LogP contribution is 2.69. The van der Waals surface area contributed by atoms with E-state index in [9.17, 15) is 19.8 Å². The number of aliphatic hydroxyl groups excluding tert-OH is 1. The van der Waals surface area contributed by atoms with Crippen molar-refractivity contribution in [1.29, 1.82) is 0 Å². The molecule has 194 valence electrons. The summed E-state index contributed by atoms with van der Waals surface area (Å²) in [5, 5.41) is 33.7. The van der Waals surface area contributed by atoms with Crippen molar-refractivity contribution in [1.82, 2.24) is 5.32 Å². The molecular formula is C28H47NO5. The van der Waals surface area contributed by atoms with Gasteiger partial charge < -0.3 is 20.6 Å². The lowest BCUT2D eigenvalue weighted by Gasteiger charge is -2.64. The summed E-state index contributed by atoms with van der Waals surface area (Å²) in [5.74, 6) is -3.72. The molecule has 4 aliphatic rings. The molecule has 0 bridgehead atoms. The number of aliphatic hydroxyl groups is 2. The number of carbonyl (C=O) groups is 2. The SMILES string of the molecule is [2H]C([2H])(NC(=O)CC[C@@H](C)[C@H]1CCC2C3C(O)[C@H](CC)[C@@H]4C([2H])([2H])[C@@]([2H])(O)C([2H])([2H])C[C@]4(C)C3CC[C@@]21C)C(=O)O. The molecule has 0 aromatic heterocycles. The second kappa shape index (κ2) is 9.72. The fraction of sp³-hybridized carbons (Fsp3) is 0.929. The van der Waals surface area contributed by atoms with Gasteiger partial charge in [0, 0.05) is 11.9 Å². The highest BCUT2D eigenvalue weighted by atomic mass is 16.4. The van der Waals surface area contributed by atoms with Gasteiger partial charge in [0.25, 0.3) is 0 Å². The number of aliphatic carboxylic acids is 1. The van der Waals surface area contributed by atoms with Crippen LogP contribution in [0, 0.1) is 52.3 Å². The first-order chi connectivity index (χ1) is 18.6. The van der Waals surface area contributed by atoms with Crippen molar-refractivity contribution in [3.05, 3.63) is 0 Å². The Hall–Kier alpha value is -1.14. The number of carboxylic acids is 1. The normalized spacial score (nSPS) is 55.2. The van der Waals surface area contributed by atoms with Crippen LogP contribution in [0.2, 0.25) is 0 Å². The van der Waals surface area contributed by atoms with Crippen molar-refractivity contribution in [3.63, 3.8) is 0 Å². The zero-order chi connectivity index (χ0) is 31.1. The lowest BCUT2D eigenvalue weighted by molar-refractivity contribution is -0.203. The van der Waals surface area contributed by atoms with Crippen molar-refractivity contribution < 1.29 is 34.5 Å². The number of hydrogen-bond acceptors (Lipinski definition) is 4. The minimum absolute atomic E-state index is 0.00224. The monoisotopic (exact) mass is 484 g/mol. The van der Waals surface area contributed by atoms with Gasteiger partial charge in [-0.05, 0) is 104 Å². The molecule has 4 N–H and O–H groups in total. The van der Waals surface area contributed by atoms with Crippen molar-refractivity contribution in [2.24, 2.45) is 52.3 Å². The standard InChI is InChI=1S/C28H47NO5/c1-5-18-22-14-17(30)10-12-28(22,4)21-11-13-27(3)19(7-8-20(27)25(21)26(18)34)16(2)6-9-23(31)29-15-24(32)33/h16-22,25-26,30,34H,5-15H2,1-4H3,(H,29,31)(H,32,33)/t16-,17+,18-,19-,20?,21?,22+,25?,26?,27-,28-/m1/s1/i10D2,14D2,15D2,17D. The van der Waals surface area contributed by atoms with E-state index in [0.717, 1.165) is 19.3 Å². The van der Waals surface area contributed by atoms with Gasteiger partial charge >= 0.3 is 5.97 Å². The maximum atomic E-state index is 12.3. The van der Waals surface area contributed by atoms with E-state index >= 15 is 0 Å². The van der Waals surface area contributed by atoms with E-state index < -0.39 is 60.6 Å². The van der Waals surface area contributed by atoms with Gasteiger partial charge in [-0.3, -0.25) is 9.59 Å². The van der Waals surface area contributed by atoms with Crippen LogP contribution in [0.1, 0.15) is 101 Å². The lowest BCUT2D eigenvalue weighted by atomic mass is 9.41. The Labute approximate surface area is 215 Å². The van der Waals surface area contributed by atoms with Crippen molar-refractivity contribution in [3.8, 4) is 0 Å². The molecule has 11 atom stereocenters. The average Bonchev–Trinajstić information content (AvgIpc) is 3.19. The summed E-state index contributed by atoms with van der Waals surface area (Å²) < 4.78 is 58.2. The number of carboxylic acid groups (broad SMARTS) is 1. The Morgan fingerprint density at radius 1 is 1.15 bits per heavy atom. The number of amides is 1. The Morgan fingerprint density at radius 3 is 2.53 bits per heavy atom. The molecular weight excluding hydrogens is 430 g/mol. The molecule has 0 aromatic carbocycles. The maximum absolute atomic E-state index is 12.3. The van der Waals surface area contributed by atoms with Crippen LogP contribution in [0.5, 0.6) is 0 Å². The first-order valence-electron chi connectivity index (χ1n) is 16.5. The fourth-order valence-corrected chi connectivity index (χ4v) is 8.83. The second-order valence-electron chi connectivity index (χ2n) is 11.9. The van der Waals surface area contributed by atoms with E-state index in [0.29, 0.717) is 19.3 Å². The molecule has 6 nitrogen and oxygen atoms in total. The number of hydrogen-bond donors (Lipinski definition) is 4. The predicted octanol–water partition coefficient (Wildman–Crippen LogP) is 4.23. The van der Waals surface area contributed by atoms with Crippen LogP contribution >= 0.6 is 0 Å². The first kappa shape index (κ1) is 18.2. The van der Waals surface area contributed by atoms with Gasteiger partial charge in [0.15, 0.2) is 0 Å². The first-order valence-corrected chi connectivity index (χ1v) is 13.0. The topological polar surface area (TPSA) is 107 Å². The van der Waals surface area contributed by atoms with E-state index in [1.54, 1.807) is 0 Å². The maximum Gasteiger partial charge on any atom is 0.322 e. The number of fused-ring (bicyclic) bond motifs is 5. The van der Waals surface area contributed by atoms with E-state index in [1.165, 1.54) is 0 Å². The largest absolute Gasteiger partial charge is 0.480 e. The Kier molecular flexibility index (Phi) is 5.19. The molecule has 0 aromatic rings. The number of rotatable bonds is 7. The van der Waals surface area contributed by atoms with Crippen molar-refractivity contribution in [2.75, 3.05) is 6.50 Å². The summed E-state index contributed by atoms with van der Waals surface area (Å²) in [4.78, 5) is 23.4. The predicted molar refractivity (Wildman–Crippen MR) is 131 cm³/mol. The zero-order valence-electron chi connectivity index (χ0n) is 27.9. The number of carbonyl (C=O) groups excluding carboxylic acids is 1. The van der Waals surface area contributed by atoms with E-state index in [2.05, 4.69) is 13.8 Å². The van der Waals surface area contributed by atoms with Gasteiger partial charge in [0.2, 0.25) is 5.91 Å². The molecule has 0 heterocycles. The quantitative estimate of drug-likeness (QED) is 0.433. The molecule has 0 spiro atoms. The third-order valence-electron chi connectivity index (χ3n) is 10.4. The average molecular weight is 485 g/mol. The molecule has 6 heteroatoms. The van der Waals surface area contributed by atoms with E-state index in [-0.39, 0.29) is 47.8 Å².